The minimum Gasteiger partial charge on any atom is -0.225 e. The van der Waals surface area contributed by atoms with Crippen molar-refractivity contribution in [3.05, 3.63) is 59.4 Å². The highest BCUT2D eigenvalue weighted by Crippen LogP contribution is 2.19. The van der Waals surface area contributed by atoms with Crippen LogP contribution in [0.2, 0.25) is 0 Å². The number of primary sulfonamides is 1. The summed E-state index contributed by atoms with van der Waals surface area (Å²) in [7, 11) is -8.21. The number of sulfonamides is 2. The Morgan fingerprint density at radius 1 is 0.880 bits per heavy atom. The third-order valence-corrected chi connectivity index (χ3v) is 5.65. The van der Waals surface area contributed by atoms with E-state index >= 15 is 0 Å². The van der Waals surface area contributed by atoms with Crippen LogP contribution in [0.25, 0.3) is 0 Å². The van der Waals surface area contributed by atoms with Gasteiger partial charge in [-0.2, -0.15) is 0 Å². The molecule has 2 aromatic carbocycles. The molecule has 0 heterocycles. The summed E-state index contributed by atoms with van der Waals surface area (Å²) in [5.41, 5.74) is 0.584. The molecule has 0 radical (unpaired) electrons. The van der Waals surface area contributed by atoms with E-state index in [1.165, 1.54) is 24.3 Å². The first-order chi connectivity index (χ1) is 11.5. The van der Waals surface area contributed by atoms with Crippen LogP contribution in [0.1, 0.15) is 5.56 Å². The highest BCUT2D eigenvalue weighted by molar-refractivity contribution is 7.89. The smallest absolute Gasteiger partial charge is 0.225 e. The van der Waals surface area contributed by atoms with Gasteiger partial charge in [0.2, 0.25) is 20.0 Å². The lowest BCUT2D eigenvalue weighted by Crippen LogP contribution is -2.27. The van der Waals surface area contributed by atoms with Crippen molar-refractivity contribution in [2.45, 2.75) is 16.2 Å². The summed E-state index contributed by atoms with van der Waals surface area (Å²) in [5, 5.41) is 4.95. The minimum atomic E-state index is -4.38. The Morgan fingerprint density at radius 3 is 2.04 bits per heavy atom. The Morgan fingerprint density at radius 2 is 1.48 bits per heavy atom. The maximum atomic E-state index is 13.6. The number of hydrogen-bond donors (Lipinski definition) is 2. The van der Waals surface area contributed by atoms with Crippen molar-refractivity contribution in [1.29, 1.82) is 0 Å². The van der Waals surface area contributed by atoms with Gasteiger partial charge in [0.05, 0.1) is 4.90 Å². The number of nitrogens with one attached hydrogen (secondary N) is 1. The Labute approximate surface area is 142 Å². The van der Waals surface area contributed by atoms with Gasteiger partial charge in [-0.25, -0.2) is 39.9 Å². The summed E-state index contributed by atoms with van der Waals surface area (Å²) in [4.78, 5) is -1.10. The molecular formula is C14H13F3N2O4S2. The van der Waals surface area contributed by atoms with Crippen molar-refractivity contribution >= 4 is 20.0 Å². The summed E-state index contributed by atoms with van der Waals surface area (Å²) in [5.74, 6) is -5.17. The van der Waals surface area contributed by atoms with E-state index in [1.807, 2.05) is 0 Å². The van der Waals surface area contributed by atoms with Crippen LogP contribution < -0.4 is 9.86 Å². The van der Waals surface area contributed by atoms with E-state index in [4.69, 9.17) is 5.14 Å². The monoisotopic (exact) mass is 394 g/mol. The topological polar surface area (TPSA) is 106 Å². The molecule has 0 aromatic heterocycles. The molecule has 2 aromatic rings. The van der Waals surface area contributed by atoms with Gasteiger partial charge < -0.3 is 0 Å². The second kappa shape index (κ2) is 7.12. The number of rotatable bonds is 6. The average Bonchev–Trinajstić information content (AvgIpc) is 2.52. The van der Waals surface area contributed by atoms with Gasteiger partial charge >= 0.3 is 0 Å². The van der Waals surface area contributed by atoms with Crippen LogP contribution in [-0.2, 0) is 26.5 Å². The molecule has 0 aliphatic heterocycles. The van der Waals surface area contributed by atoms with E-state index in [1.54, 1.807) is 0 Å². The lowest BCUT2D eigenvalue weighted by Gasteiger charge is -2.09. The third kappa shape index (κ3) is 4.57. The van der Waals surface area contributed by atoms with Crippen LogP contribution in [0.4, 0.5) is 13.2 Å². The normalized spacial score (nSPS) is 12.3. The third-order valence-electron chi connectivity index (χ3n) is 3.25. The van der Waals surface area contributed by atoms with E-state index in [0.717, 1.165) is 0 Å². The molecule has 25 heavy (non-hydrogen) atoms. The average molecular weight is 394 g/mol. The predicted molar refractivity (Wildman–Crippen MR) is 83.0 cm³/mol. The van der Waals surface area contributed by atoms with Crippen molar-refractivity contribution in [3.8, 4) is 0 Å². The SMILES string of the molecule is NS(=O)(=O)c1ccc(CCNS(=O)(=O)c2ccc(F)c(F)c2F)cc1. The zero-order chi connectivity index (χ0) is 18.8. The van der Waals surface area contributed by atoms with Crippen LogP contribution in [0.15, 0.2) is 46.2 Å². The van der Waals surface area contributed by atoms with Gasteiger partial charge in [-0.1, -0.05) is 12.1 Å². The quantitative estimate of drug-likeness (QED) is 0.720. The summed E-state index contributed by atoms with van der Waals surface area (Å²) in [6, 6.07) is 6.52. The molecule has 0 spiro atoms. The fourth-order valence-electron chi connectivity index (χ4n) is 1.97. The summed E-state index contributed by atoms with van der Waals surface area (Å²) in [6.07, 6.45) is 0.148. The standard InChI is InChI=1S/C14H13F3N2O4S2/c15-11-5-6-12(14(17)13(11)16)25(22,23)19-8-7-9-1-3-10(4-2-9)24(18,20)21/h1-6,19H,7-8H2,(H2,18,20,21). The van der Waals surface area contributed by atoms with Crippen molar-refractivity contribution in [2.24, 2.45) is 5.14 Å². The van der Waals surface area contributed by atoms with Gasteiger partial charge in [0.25, 0.3) is 0 Å². The maximum Gasteiger partial charge on any atom is 0.243 e. The predicted octanol–water partition coefficient (Wildman–Crippen LogP) is 1.27. The van der Waals surface area contributed by atoms with Gasteiger partial charge in [0.15, 0.2) is 17.5 Å². The first-order valence-corrected chi connectivity index (χ1v) is 9.80. The highest BCUT2D eigenvalue weighted by Gasteiger charge is 2.23. The van der Waals surface area contributed by atoms with E-state index in [2.05, 4.69) is 4.72 Å². The largest absolute Gasteiger partial charge is 0.243 e. The van der Waals surface area contributed by atoms with Gasteiger partial charge in [-0.15, -0.1) is 0 Å². The van der Waals surface area contributed by atoms with Crippen LogP contribution in [0.5, 0.6) is 0 Å². The molecule has 0 amide bonds. The molecule has 2 rings (SSSR count). The molecule has 11 heteroatoms. The Hall–Kier alpha value is -1.95. The summed E-state index contributed by atoms with van der Waals surface area (Å²) in [6.45, 7) is -0.171. The molecule has 0 unspecified atom stereocenters. The van der Waals surface area contributed by atoms with Gasteiger partial charge in [0, 0.05) is 6.54 Å². The molecule has 0 atom stereocenters. The molecule has 0 saturated carbocycles. The fourth-order valence-corrected chi connectivity index (χ4v) is 3.58. The summed E-state index contributed by atoms with van der Waals surface area (Å²) >= 11 is 0. The van der Waals surface area contributed by atoms with Crippen molar-refractivity contribution < 1.29 is 30.0 Å². The Bertz CT molecular complexity index is 991. The number of benzene rings is 2. The van der Waals surface area contributed by atoms with Crippen LogP contribution >= 0.6 is 0 Å². The van der Waals surface area contributed by atoms with E-state index in [-0.39, 0.29) is 17.9 Å². The van der Waals surface area contributed by atoms with Gasteiger partial charge in [-0.05, 0) is 36.2 Å². The molecule has 6 nitrogen and oxygen atoms in total. The van der Waals surface area contributed by atoms with E-state index in [0.29, 0.717) is 17.7 Å². The zero-order valence-electron chi connectivity index (χ0n) is 12.5. The highest BCUT2D eigenvalue weighted by atomic mass is 32.2. The molecule has 3 N–H and O–H groups in total. The molecule has 0 fully saturated rings. The molecular weight excluding hydrogens is 381 g/mol. The molecule has 0 saturated heterocycles. The second-order valence-electron chi connectivity index (χ2n) is 5.01. The van der Waals surface area contributed by atoms with E-state index in [9.17, 15) is 30.0 Å². The molecule has 0 aliphatic rings. The van der Waals surface area contributed by atoms with Crippen molar-refractivity contribution in [2.75, 3.05) is 6.54 Å². The van der Waals surface area contributed by atoms with Crippen molar-refractivity contribution in [1.82, 2.24) is 4.72 Å². The summed E-state index contributed by atoms with van der Waals surface area (Å²) < 4.78 is 87.8. The first kappa shape index (κ1) is 19.4. The zero-order valence-corrected chi connectivity index (χ0v) is 14.2. The van der Waals surface area contributed by atoms with E-state index < -0.39 is 42.4 Å². The number of halogens is 3. The molecule has 0 aliphatic carbocycles. The van der Waals surface area contributed by atoms with Crippen LogP contribution in [0.3, 0.4) is 0 Å². The second-order valence-corrected chi connectivity index (χ2v) is 8.31. The Kier molecular flexibility index (Phi) is 5.52. The van der Waals surface area contributed by atoms with Crippen LogP contribution in [0, 0.1) is 17.5 Å². The lowest BCUT2D eigenvalue weighted by molar-refractivity contribution is 0.431. The molecule has 136 valence electrons. The fraction of sp³-hybridized carbons (Fsp3) is 0.143. The maximum absolute atomic E-state index is 13.6. The number of nitrogens with two attached hydrogens (primary N) is 1. The number of hydrogen-bond acceptors (Lipinski definition) is 4. The van der Waals surface area contributed by atoms with Gasteiger partial charge in [-0.3, -0.25) is 0 Å². The minimum absolute atomic E-state index is 0.0966. The lowest BCUT2D eigenvalue weighted by atomic mass is 10.2. The first-order valence-electron chi connectivity index (χ1n) is 6.77. The van der Waals surface area contributed by atoms with Crippen LogP contribution in [-0.4, -0.2) is 23.4 Å². The van der Waals surface area contributed by atoms with Crippen molar-refractivity contribution in [3.63, 3.8) is 0 Å². The molecule has 0 bridgehead atoms. The van der Waals surface area contributed by atoms with Gasteiger partial charge in [0.1, 0.15) is 4.90 Å². The Balaban J connectivity index is 2.07.